The van der Waals surface area contributed by atoms with Crippen LogP contribution in [0, 0.1) is 11.7 Å². The molecule has 0 bridgehead atoms. The van der Waals surface area contributed by atoms with E-state index in [0.717, 1.165) is 0 Å². The monoisotopic (exact) mass is 413 g/mol. The number of methoxy groups -OCH3 is 1. The van der Waals surface area contributed by atoms with E-state index in [4.69, 9.17) is 4.74 Å². The molecule has 2 N–H and O–H groups in total. The second kappa shape index (κ2) is 7.08. The molecule has 2 unspecified atom stereocenters. The van der Waals surface area contributed by atoms with Gasteiger partial charge in [0.25, 0.3) is 12.0 Å². The van der Waals surface area contributed by atoms with Gasteiger partial charge in [0.15, 0.2) is 11.6 Å². The Morgan fingerprint density at radius 2 is 1.93 bits per heavy atom. The summed E-state index contributed by atoms with van der Waals surface area (Å²) in [4.78, 5) is 28.4. The van der Waals surface area contributed by atoms with Crippen LogP contribution in [0.2, 0.25) is 0 Å². The summed E-state index contributed by atoms with van der Waals surface area (Å²) in [6.07, 6.45) is -2.25. The van der Waals surface area contributed by atoms with Gasteiger partial charge in [-0.1, -0.05) is 6.92 Å². The number of anilines is 1. The van der Waals surface area contributed by atoms with E-state index in [-0.39, 0.29) is 35.5 Å². The van der Waals surface area contributed by atoms with Gasteiger partial charge in [0.2, 0.25) is 0 Å². The van der Waals surface area contributed by atoms with Gasteiger partial charge in [0.1, 0.15) is 11.2 Å². The number of hydrogen-bond acceptors (Lipinski definition) is 5. The Morgan fingerprint density at radius 3 is 2.48 bits per heavy atom. The lowest BCUT2D eigenvalue weighted by Gasteiger charge is -2.37. The van der Waals surface area contributed by atoms with E-state index >= 15 is 4.39 Å². The van der Waals surface area contributed by atoms with Gasteiger partial charge < -0.3 is 14.7 Å². The number of aliphatic hydroxyl groups is 1. The Balaban J connectivity index is 2.11. The molecule has 7 nitrogen and oxygen atoms in total. The molecular formula is C19H22F3N3O4. The largest absolute Gasteiger partial charge is 0.492 e. The molecule has 0 radical (unpaired) electrons. The maximum atomic E-state index is 15.4. The van der Waals surface area contributed by atoms with Gasteiger partial charge in [0.05, 0.1) is 24.2 Å². The van der Waals surface area contributed by atoms with Crippen molar-refractivity contribution in [1.82, 2.24) is 9.55 Å². The average Bonchev–Trinajstić information content (AvgIpc) is 3.48. The third-order valence-corrected chi connectivity index (χ3v) is 5.86. The number of alkyl halides is 2. The van der Waals surface area contributed by atoms with Crippen LogP contribution in [-0.4, -0.2) is 41.0 Å². The van der Waals surface area contributed by atoms with Crippen LogP contribution in [-0.2, 0) is 0 Å². The van der Waals surface area contributed by atoms with Crippen molar-refractivity contribution in [2.24, 2.45) is 5.92 Å². The zero-order valence-electron chi connectivity index (χ0n) is 16.0. The number of rotatable bonds is 4. The fourth-order valence-electron chi connectivity index (χ4n) is 4.09. The van der Waals surface area contributed by atoms with E-state index in [0.29, 0.717) is 25.8 Å². The highest BCUT2D eigenvalue weighted by Gasteiger charge is 2.37. The lowest BCUT2D eigenvalue weighted by molar-refractivity contribution is 0.102. The van der Waals surface area contributed by atoms with Gasteiger partial charge in [-0.05, 0) is 25.2 Å². The molecule has 4 rings (SSSR count). The number of ether oxygens (including phenoxy) is 1. The minimum Gasteiger partial charge on any atom is -0.492 e. The smallest absolute Gasteiger partial charge is 0.329 e. The van der Waals surface area contributed by atoms with Crippen molar-refractivity contribution in [2.45, 2.75) is 44.8 Å². The van der Waals surface area contributed by atoms with Crippen LogP contribution < -0.4 is 20.9 Å². The maximum absolute atomic E-state index is 15.4. The number of nitrogens with one attached hydrogen (secondary N) is 1. The van der Waals surface area contributed by atoms with Gasteiger partial charge in [-0.15, -0.1) is 0 Å². The van der Waals surface area contributed by atoms with Gasteiger partial charge >= 0.3 is 5.69 Å². The molecule has 10 heteroatoms. The summed E-state index contributed by atoms with van der Waals surface area (Å²) in [5, 5.41) is 9.66. The molecule has 29 heavy (non-hydrogen) atoms. The number of nitrogens with zero attached hydrogens (tertiary/aromatic N) is 2. The van der Waals surface area contributed by atoms with Crippen LogP contribution >= 0.6 is 0 Å². The summed E-state index contributed by atoms with van der Waals surface area (Å²) in [6.45, 7) is 2.20. The lowest BCUT2D eigenvalue weighted by atomic mass is 9.95. The second-order valence-corrected chi connectivity index (χ2v) is 7.77. The van der Waals surface area contributed by atoms with E-state index in [1.165, 1.54) is 16.6 Å². The first-order valence-electron chi connectivity index (χ1n) is 9.55. The first kappa shape index (κ1) is 19.8. The van der Waals surface area contributed by atoms with Crippen LogP contribution in [0.25, 0.3) is 10.9 Å². The van der Waals surface area contributed by atoms with E-state index in [1.54, 1.807) is 0 Å². The average molecular weight is 413 g/mol. The number of H-pyrrole nitrogens is 1. The van der Waals surface area contributed by atoms with Crippen molar-refractivity contribution in [1.29, 1.82) is 0 Å². The molecule has 2 fully saturated rings. The predicted molar refractivity (Wildman–Crippen MR) is 101 cm³/mol. The van der Waals surface area contributed by atoms with Crippen LogP contribution in [0.15, 0.2) is 9.59 Å². The molecule has 1 aliphatic carbocycles. The first-order valence-corrected chi connectivity index (χ1v) is 9.55. The number of fused-ring (bicyclic) bond motifs is 1. The number of β-amino-alcohol motifs (C(OH)–C–C–N with tert-alkyl or cyclic N) is 1. The number of halogens is 3. The number of aromatic nitrogens is 2. The third-order valence-electron chi connectivity index (χ3n) is 5.86. The highest BCUT2D eigenvalue weighted by Crippen LogP contribution is 2.46. The summed E-state index contributed by atoms with van der Waals surface area (Å²) in [5.41, 5.74) is -3.24. The normalized spacial score (nSPS) is 22.5. The summed E-state index contributed by atoms with van der Waals surface area (Å²) < 4.78 is 49.9. The fourth-order valence-corrected chi connectivity index (χ4v) is 4.09. The molecule has 2 aliphatic rings. The summed E-state index contributed by atoms with van der Waals surface area (Å²) >= 11 is 0. The molecule has 0 spiro atoms. The summed E-state index contributed by atoms with van der Waals surface area (Å²) in [5.74, 6) is -1.43. The van der Waals surface area contributed by atoms with Gasteiger partial charge in [-0.2, -0.15) is 0 Å². The first-order chi connectivity index (χ1) is 13.8. The Bertz CT molecular complexity index is 1080. The molecule has 1 aromatic carbocycles. The quantitative estimate of drug-likeness (QED) is 0.803. The van der Waals surface area contributed by atoms with Crippen LogP contribution in [0.4, 0.5) is 18.9 Å². The van der Waals surface area contributed by atoms with E-state index in [2.05, 4.69) is 0 Å². The minimum absolute atomic E-state index is 0.0252. The number of aliphatic hydroxyl groups excluding tert-OH is 1. The molecule has 1 aliphatic heterocycles. The van der Waals surface area contributed by atoms with Crippen molar-refractivity contribution in [3.8, 4) is 5.75 Å². The van der Waals surface area contributed by atoms with Gasteiger partial charge in [-0.3, -0.25) is 14.3 Å². The number of piperidine rings is 1. The third kappa shape index (κ3) is 3.09. The molecule has 0 amide bonds. The predicted octanol–water partition coefficient (Wildman–Crippen LogP) is 2.32. The number of benzene rings is 1. The van der Waals surface area contributed by atoms with Crippen molar-refractivity contribution in [3.05, 3.63) is 32.2 Å². The zero-order chi connectivity index (χ0) is 21.0. The van der Waals surface area contributed by atoms with Gasteiger partial charge in [-0.25, -0.2) is 18.0 Å². The van der Waals surface area contributed by atoms with E-state index in [9.17, 15) is 23.5 Å². The number of aromatic amines is 1. The van der Waals surface area contributed by atoms with E-state index < -0.39 is 40.5 Å². The van der Waals surface area contributed by atoms with Crippen molar-refractivity contribution < 1.29 is 23.0 Å². The molecule has 2 aromatic rings. The van der Waals surface area contributed by atoms with Crippen molar-refractivity contribution >= 4 is 16.6 Å². The number of hydrogen-bond donors (Lipinski definition) is 2. The van der Waals surface area contributed by atoms with Crippen LogP contribution in [0.3, 0.4) is 0 Å². The van der Waals surface area contributed by atoms with Crippen LogP contribution in [0.5, 0.6) is 5.75 Å². The molecule has 2 heterocycles. The Kier molecular flexibility index (Phi) is 4.84. The van der Waals surface area contributed by atoms with Crippen molar-refractivity contribution in [3.63, 3.8) is 0 Å². The fraction of sp³-hybridized carbons (Fsp3) is 0.579. The van der Waals surface area contributed by atoms with Crippen LogP contribution in [0.1, 0.15) is 44.2 Å². The maximum Gasteiger partial charge on any atom is 0.329 e. The van der Waals surface area contributed by atoms with Gasteiger partial charge in [0, 0.05) is 19.1 Å². The topological polar surface area (TPSA) is 87.6 Å². The minimum atomic E-state index is -3.28. The highest BCUT2D eigenvalue weighted by atomic mass is 19.3. The second-order valence-electron chi connectivity index (χ2n) is 7.77. The summed E-state index contributed by atoms with van der Waals surface area (Å²) in [7, 11) is 1.24. The summed E-state index contributed by atoms with van der Waals surface area (Å²) in [6, 6.07) is -0.272. The molecule has 158 valence electrons. The Labute approximate surface area is 163 Å². The molecule has 1 aromatic heterocycles. The SMILES string of the molecule is COc1c(N2CCC(C)C(O)C2)c(F)c(C(F)F)c2c(=O)[nH]c(=O)n(C3CC3)c12. The zero-order valence-corrected chi connectivity index (χ0v) is 16.0. The lowest BCUT2D eigenvalue weighted by Crippen LogP contribution is -2.43. The Hall–Kier alpha value is -2.49. The van der Waals surface area contributed by atoms with E-state index in [1.807, 2.05) is 11.9 Å². The van der Waals surface area contributed by atoms with Crippen molar-refractivity contribution in [2.75, 3.05) is 25.1 Å². The molecule has 1 saturated heterocycles. The Morgan fingerprint density at radius 1 is 1.24 bits per heavy atom. The molecular weight excluding hydrogens is 391 g/mol. The highest BCUT2D eigenvalue weighted by molar-refractivity contribution is 5.94. The molecule has 1 saturated carbocycles. The molecule has 2 atom stereocenters. The standard InChI is InChI=1S/C19H22F3N3O4/c1-8-5-6-24(7-10(8)26)15-13(20)11(17(21)22)12-14(16(15)29-2)25(9-3-4-9)19(28)23-18(12)27/h8-10,17,26H,3-7H2,1-2H3,(H,23,27,28).